The number of nitrogens with two attached hydrogens (primary N) is 1. The molecule has 112 valence electrons. The number of ether oxygens (including phenoxy) is 1. The molecule has 5 heteroatoms. The van der Waals surface area contributed by atoms with Crippen LogP contribution in [0.4, 0.5) is 0 Å². The predicted molar refractivity (Wildman–Crippen MR) is 84.8 cm³/mol. The van der Waals surface area contributed by atoms with Gasteiger partial charge in [0.05, 0.1) is 18.1 Å². The summed E-state index contributed by atoms with van der Waals surface area (Å²) in [6.45, 7) is 0. The third kappa shape index (κ3) is 2.71. The van der Waals surface area contributed by atoms with Gasteiger partial charge in [-0.2, -0.15) is 0 Å². The summed E-state index contributed by atoms with van der Waals surface area (Å²) >= 11 is 0. The Hall–Kier alpha value is -2.66. The summed E-state index contributed by atoms with van der Waals surface area (Å²) in [5.74, 6) is -0.398. The van der Waals surface area contributed by atoms with Crippen LogP contribution in [-0.2, 0) is 16.0 Å². The zero-order valence-electron chi connectivity index (χ0n) is 12.3. The van der Waals surface area contributed by atoms with Gasteiger partial charge in [0, 0.05) is 5.69 Å². The second kappa shape index (κ2) is 5.99. The normalized spacial score (nSPS) is 12.3. The molecule has 0 amide bonds. The Morgan fingerprint density at radius 1 is 1.23 bits per heavy atom. The second-order valence-corrected chi connectivity index (χ2v) is 5.10. The molecule has 1 atom stereocenters. The SMILES string of the molecule is COC(=O)C(N)Cc1ccc(-n2cnc3ccccc32)cc1. The number of esters is 1. The van der Waals surface area contributed by atoms with Crippen molar-refractivity contribution < 1.29 is 9.53 Å². The molecule has 22 heavy (non-hydrogen) atoms. The van der Waals surface area contributed by atoms with Gasteiger partial charge in [-0.15, -0.1) is 0 Å². The quantitative estimate of drug-likeness (QED) is 0.748. The molecule has 1 unspecified atom stereocenters. The molecule has 5 nitrogen and oxygen atoms in total. The van der Waals surface area contributed by atoms with E-state index in [1.807, 2.05) is 53.1 Å². The Balaban J connectivity index is 1.84. The molecule has 2 N–H and O–H groups in total. The lowest BCUT2D eigenvalue weighted by atomic mass is 10.1. The van der Waals surface area contributed by atoms with E-state index in [9.17, 15) is 4.79 Å². The number of hydrogen-bond acceptors (Lipinski definition) is 4. The molecule has 0 aliphatic carbocycles. The summed E-state index contributed by atoms with van der Waals surface area (Å²) in [5.41, 5.74) is 9.80. The van der Waals surface area contributed by atoms with E-state index in [1.54, 1.807) is 6.33 Å². The van der Waals surface area contributed by atoms with E-state index < -0.39 is 12.0 Å². The van der Waals surface area contributed by atoms with Crippen LogP contribution in [0, 0.1) is 0 Å². The first kappa shape index (κ1) is 14.3. The molecule has 1 heterocycles. The van der Waals surface area contributed by atoms with Gasteiger partial charge in [-0.3, -0.25) is 9.36 Å². The minimum absolute atomic E-state index is 0.398. The van der Waals surface area contributed by atoms with Crippen molar-refractivity contribution in [1.29, 1.82) is 0 Å². The maximum Gasteiger partial charge on any atom is 0.322 e. The highest BCUT2D eigenvalue weighted by Gasteiger charge is 2.14. The number of imidazole rings is 1. The zero-order valence-corrected chi connectivity index (χ0v) is 12.3. The van der Waals surface area contributed by atoms with Crippen molar-refractivity contribution in [2.24, 2.45) is 5.73 Å². The molecule has 0 saturated carbocycles. The molecule has 0 fully saturated rings. The van der Waals surface area contributed by atoms with Crippen LogP contribution >= 0.6 is 0 Å². The molecule has 0 spiro atoms. The lowest BCUT2D eigenvalue weighted by Gasteiger charge is -2.10. The van der Waals surface area contributed by atoms with Crippen LogP contribution < -0.4 is 5.73 Å². The van der Waals surface area contributed by atoms with Crippen LogP contribution in [0.1, 0.15) is 5.56 Å². The van der Waals surface area contributed by atoms with Crippen LogP contribution in [0.5, 0.6) is 0 Å². The van der Waals surface area contributed by atoms with E-state index in [-0.39, 0.29) is 0 Å². The van der Waals surface area contributed by atoms with Gasteiger partial charge in [0.2, 0.25) is 0 Å². The highest BCUT2D eigenvalue weighted by Crippen LogP contribution is 2.18. The van der Waals surface area contributed by atoms with Crippen molar-refractivity contribution in [2.75, 3.05) is 7.11 Å². The maximum absolute atomic E-state index is 11.4. The molecule has 0 aliphatic heterocycles. The first-order valence-corrected chi connectivity index (χ1v) is 7.04. The van der Waals surface area contributed by atoms with Crippen molar-refractivity contribution in [1.82, 2.24) is 9.55 Å². The van der Waals surface area contributed by atoms with Gasteiger partial charge in [0.25, 0.3) is 0 Å². The van der Waals surface area contributed by atoms with E-state index in [1.165, 1.54) is 7.11 Å². The maximum atomic E-state index is 11.4. The molecule has 0 saturated heterocycles. The number of benzene rings is 2. The van der Waals surface area contributed by atoms with Gasteiger partial charge in [-0.05, 0) is 36.2 Å². The number of aromatic nitrogens is 2. The molecule has 0 bridgehead atoms. The van der Waals surface area contributed by atoms with Gasteiger partial charge in [0.1, 0.15) is 12.4 Å². The molecule has 0 aliphatic rings. The number of para-hydroxylation sites is 2. The number of methoxy groups -OCH3 is 1. The standard InChI is InChI=1S/C17H17N3O2/c1-22-17(21)14(18)10-12-6-8-13(9-7-12)20-11-19-15-4-2-3-5-16(15)20/h2-9,11,14H,10,18H2,1H3. The smallest absolute Gasteiger partial charge is 0.322 e. The van der Waals surface area contributed by atoms with Gasteiger partial charge in [-0.25, -0.2) is 4.98 Å². The number of carbonyl (C=O) groups excluding carboxylic acids is 1. The van der Waals surface area contributed by atoms with E-state index in [4.69, 9.17) is 5.73 Å². The average molecular weight is 295 g/mol. The van der Waals surface area contributed by atoms with E-state index in [0.717, 1.165) is 22.3 Å². The van der Waals surface area contributed by atoms with Crippen molar-refractivity contribution >= 4 is 17.0 Å². The lowest BCUT2D eigenvalue weighted by molar-refractivity contribution is -0.142. The van der Waals surface area contributed by atoms with Crippen LogP contribution in [-0.4, -0.2) is 28.7 Å². The van der Waals surface area contributed by atoms with Crippen LogP contribution in [0.2, 0.25) is 0 Å². The Kier molecular flexibility index (Phi) is 3.89. The van der Waals surface area contributed by atoms with Gasteiger partial charge < -0.3 is 10.5 Å². The van der Waals surface area contributed by atoms with E-state index >= 15 is 0 Å². The summed E-state index contributed by atoms with van der Waals surface area (Å²) in [5, 5.41) is 0. The van der Waals surface area contributed by atoms with Gasteiger partial charge in [-0.1, -0.05) is 24.3 Å². The fraction of sp³-hybridized carbons (Fsp3) is 0.176. The minimum Gasteiger partial charge on any atom is -0.468 e. The Morgan fingerprint density at radius 3 is 2.68 bits per heavy atom. The first-order valence-electron chi connectivity index (χ1n) is 7.04. The molecule has 3 rings (SSSR count). The molecule has 2 aromatic carbocycles. The summed E-state index contributed by atoms with van der Waals surface area (Å²) in [6.07, 6.45) is 2.26. The fourth-order valence-corrected chi connectivity index (χ4v) is 2.45. The summed E-state index contributed by atoms with van der Waals surface area (Å²) in [7, 11) is 1.34. The second-order valence-electron chi connectivity index (χ2n) is 5.10. The molecule has 1 aromatic heterocycles. The monoisotopic (exact) mass is 295 g/mol. The first-order chi connectivity index (χ1) is 10.7. The molecular formula is C17H17N3O2. The van der Waals surface area contributed by atoms with Gasteiger partial charge in [0.15, 0.2) is 0 Å². The average Bonchev–Trinajstić information content (AvgIpc) is 2.99. The Labute approximate surface area is 128 Å². The largest absolute Gasteiger partial charge is 0.468 e. The number of rotatable bonds is 4. The molecule has 0 radical (unpaired) electrons. The summed E-state index contributed by atoms with van der Waals surface area (Å²) in [4.78, 5) is 15.7. The Morgan fingerprint density at radius 2 is 1.95 bits per heavy atom. The van der Waals surface area contributed by atoms with Crippen LogP contribution in [0.3, 0.4) is 0 Å². The third-order valence-corrected chi connectivity index (χ3v) is 3.63. The van der Waals surface area contributed by atoms with Crippen molar-refractivity contribution in [3.63, 3.8) is 0 Å². The highest BCUT2D eigenvalue weighted by molar-refractivity contribution is 5.77. The number of hydrogen-bond donors (Lipinski definition) is 1. The zero-order chi connectivity index (χ0) is 15.5. The summed E-state index contributed by atoms with van der Waals surface area (Å²) in [6, 6.07) is 15.3. The van der Waals surface area contributed by atoms with E-state index in [0.29, 0.717) is 6.42 Å². The third-order valence-electron chi connectivity index (χ3n) is 3.63. The lowest BCUT2D eigenvalue weighted by Crippen LogP contribution is -2.33. The van der Waals surface area contributed by atoms with E-state index in [2.05, 4.69) is 9.72 Å². The van der Waals surface area contributed by atoms with Crippen molar-refractivity contribution in [3.8, 4) is 5.69 Å². The fourth-order valence-electron chi connectivity index (χ4n) is 2.45. The molecular weight excluding hydrogens is 278 g/mol. The minimum atomic E-state index is -0.634. The van der Waals surface area contributed by atoms with Crippen molar-refractivity contribution in [3.05, 3.63) is 60.4 Å². The highest BCUT2D eigenvalue weighted by atomic mass is 16.5. The topological polar surface area (TPSA) is 70.1 Å². The van der Waals surface area contributed by atoms with Crippen LogP contribution in [0.25, 0.3) is 16.7 Å². The summed E-state index contributed by atoms with van der Waals surface area (Å²) < 4.78 is 6.67. The van der Waals surface area contributed by atoms with Crippen LogP contribution in [0.15, 0.2) is 54.9 Å². The number of nitrogens with zero attached hydrogens (tertiary/aromatic N) is 2. The van der Waals surface area contributed by atoms with Gasteiger partial charge >= 0.3 is 5.97 Å². The predicted octanol–water partition coefficient (Wildman–Crippen LogP) is 2.07. The number of carbonyl (C=O) groups is 1. The Bertz CT molecular complexity index is 793. The van der Waals surface area contributed by atoms with Crippen molar-refractivity contribution in [2.45, 2.75) is 12.5 Å². The molecule has 3 aromatic rings. The number of fused-ring (bicyclic) bond motifs is 1.